The van der Waals surface area contributed by atoms with Crippen LogP contribution in [-0.4, -0.2) is 10.8 Å². The predicted molar refractivity (Wildman–Crippen MR) is 73.6 cm³/mol. The Bertz CT molecular complexity index is 627. The minimum absolute atomic E-state index is 0.0482. The van der Waals surface area contributed by atoms with Crippen LogP contribution in [0.15, 0.2) is 36.4 Å². The third-order valence-electron chi connectivity index (χ3n) is 2.34. The van der Waals surface area contributed by atoms with E-state index in [1.54, 1.807) is 18.2 Å². The third kappa shape index (κ3) is 3.52. The van der Waals surface area contributed by atoms with Crippen molar-refractivity contribution in [2.24, 2.45) is 0 Å². The molecule has 2 rings (SSSR count). The number of hydrogen-bond acceptors (Lipinski definition) is 4. The van der Waals surface area contributed by atoms with Crippen molar-refractivity contribution < 1.29 is 9.72 Å². The molecule has 98 valence electrons. The standard InChI is InChI=1S/C12H9ClN2O3S/c13-9-3-1-2-8(6-9)7-14-12(16)10-4-5-11(19-10)15(17)18/h1-6H,7H2,(H,14,16). The Kier molecular flexibility index (Phi) is 4.13. The molecule has 0 atom stereocenters. The van der Waals surface area contributed by atoms with Crippen LogP contribution >= 0.6 is 22.9 Å². The number of carbonyl (C=O) groups excluding carboxylic acids is 1. The molecule has 0 spiro atoms. The molecule has 1 aromatic heterocycles. The summed E-state index contributed by atoms with van der Waals surface area (Å²) in [6, 6.07) is 9.88. The number of nitrogens with one attached hydrogen (secondary N) is 1. The van der Waals surface area contributed by atoms with Crippen molar-refractivity contribution in [3.05, 3.63) is 62.0 Å². The summed E-state index contributed by atoms with van der Waals surface area (Å²) in [4.78, 5) is 22.1. The lowest BCUT2D eigenvalue weighted by Crippen LogP contribution is -2.21. The lowest BCUT2D eigenvalue weighted by Gasteiger charge is -2.03. The molecule has 0 unspecified atom stereocenters. The fourth-order valence-corrected chi connectivity index (χ4v) is 2.41. The van der Waals surface area contributed by atoms with Crippen LogP contribution in [0.25, 0.3) is 0 Å². The number of carbonyl (C=O) groups is 1. The van der Waals surface area contributed by atoms with Gasteiger partial charge in [-0.2, -0.15) is 0 Å². The van der Waals surface area contributed by atoms with Crippen molar-refractivity contribution in [1.29, 1.82) is 0 Å². The van der Waals surface area contributed by atoms with Crippen LogP contribution in [0.2, 0.25) is 5.02 Å². The van der Waals surface area contributed by atoms with Crippen molar-refractivity contribution in [3.63, 3.8) is 0 Å². The zero-order valence-corrected chi connectivity index (χ0v) is 11.2. The summed E-state index contributed by atoms with van der Waals surface area (Å²) < 4.78 is 0. The highest BCUT2D eigenvalue weighted by molar-refractivity contribution is 7.17. The van der Waals surface area contributed by atoms with E-state index in [0.29, 0.717) is 16.4 Å². The van der Waals surface area contributed by atoms with Crippen LogP contribution < -0.4 is 5.32 Å². The van der Waals surface area contributed by atoms with E-state index in [-0.39, 0.29) is 10.9 Å². The van der Waals surface area contributed by atoms with Gasteiger partial charge in [-0.05, 0) is 23.8 Å². The van der Waals surface area contributed by atoms with Gasteiger partial charge in [0.15, 0.2) is 0 Å². The maximum atomic E-state index is 11.8. The fraction of sp³-hybridized carbons (Fsp3) is 0.0833. The van der Waals surface area contributed by atoms with Crippen molar-refractivity contribution in [3.8, 4) is 0 Å². The number of amides is 1. The normalized spacial score (nSPS) is 10.2. The summed E-state index contributed by atoms with van der Waals surface area (Å²) in [6.45, 7) is 0.324. The summed E-state index contributed by atoms with van der Waals surface area (Å²) in [6.07, 6.45) is 0. The highest BCUT2D eigenvalue weighted by Crippen LogP contribution is 2.23. The lowest BCUT2D eigenvalue weighted by molar-refractivity contribution is -0.380. The van der Waals surface area contributed by atoms with Crippen molar-refractivity contribution in [2.45, 2.75) is 6.54 Å². The van der Waals surface area contributed by atoms with Gasteiger partial charge in [0.25, 0.3) is 5.91 Å². The number of benzene rings is 1. The van der Waals surface area contributed by atoms with Crippen LogP contribution in [0, 0.1) is 10.1 Å². The van der Waals surface area contributed by atoms with Crippen LogP contribution in [0.4, 0.5) is 5.00 Å². The summed E-state index contributed by atoms with van der Waals surface area (Å²) in [5.41, 5.74) is 0.868. The second kappa shape index (κ2) is 5.81. The molecule has 7 heteroatoms. The second-order valence-electron chi connectivity index (χ2n) is 3.71. The van der Waals surface area contributed by atoms with Gasteiger partial charge in [-0.3, -0.25) is 14.9 Å². The van der Waals surface area contributed by atoms with Crippen molar-refractivity contribution in [1.82, 2.24) is 5.32 Å². The largest absolute Gasteiger partial charge is 0.347 e. The maximum absolute atomic E-state index is 11.8. The van der Waals surface area contributed by atoms with E-state index in [4.69, 9.17) is 11.6 Å². The Labute approximate surface area is 118 Å². The topological polar surface area (TPSA) is 72.2 Å². The molecule has 1 N–H and O–H groups in total. The summed E-state index contributed by atoms with van der Waals surface area (Å²) in [7, 11) is 0. The third-order valence-corrected chi connectivity index (χ3v) is 3.61. The number of hydrogen-bond donors (Lipinski definition) is 1. The SMILES string of the molecule is O=C(NCc1cccc(Cl)c1)c1ccc([N+](=O)[O-])s1. The molecule has 0 aliphatic heterocycles. The molecule has 5 nitrogen and oxygen atoms in total. The molecule has 19 heavy (non-hydrogen) atoms. The summed E-state index contributed by atoms with van der Waals surface area (Å²) >= 11 is 6.68. The Hall–Kier alpha value is -1.92. The average Bonchev–Trinajstić information content (AvgIpc) is 2.86. The van der Waals surface area contributed by atoms with Gasteiger partial charge >= 0.3 is 5.00 Å². The quantitative estimate of drug-likeness (QED) is 0.695. The zero-order chi connectivity index (χ0) is 13.8. The first-order valence-electron chi connectivity index (χ1n) is 5.33. The predicted octanol–water partition coefficient (Wildman–Crippen LogP) is 3.24. The van der Waals surface area contributed by atoms with Gasteiger partial charge in [0.2, 0.25) is 0 Å². The number of nitro groups is 1. The summed E-state index contributed by atoms with van der Waals surface area (Å²) in [5, 5.41) is 13.8. The molecule has 0 bridgehead atoms. The van der Waals surface area contributed by atoms with Crippen LogP contribution in [0.5, 0.6) is 0 Å². The second-order valence-corrected chi connectivity index (χ2v) is 5.21. The molecule has 0 aliphatic carbocycles. The Morgan fingerprint density at radius 3 is 2.79 bits per heavy atom. The molecule has 0 saturated carbocycles. The lowest BCUT2D eigenvalue weighted by atomic mass is 10.2. The monoisotopic (exact) mass is 296 g/mol. The molecule has 0 saturated heterocycles. The molecule has 0 radical (unpaired) electrons. The van der Waals surface area contributed by atoms with E-state index < -0.39 is 4.92 Å². The smallest absolute Gasteiger partial charge is 0.324 e. The average molecular weight is 297 g/mol. The fourth-order valence-electron chi connectivity index (χ4n) is 1.46. The Balaban J connectivity index is 1.99. The van der Waals surface area contributed by atoms with Crippen LogP contribution in [0.3, 0.4) is 0 Å². The highest BCUT2D eigenvalue weighted by Gasteiger charge is 2.14. The first-order chi connectivity index (χ1) is 9.06. The minimum Gasteiger partial charge on any atom is -0.347 e. The van der Waals surface area contributed by atoms with E-state index in [1.807, 2.05) is 6.07 Å². The first kappa shape index (κ1) is 13.5. The summed E-state index contributed by atoms with van der Waals surface area (Å²) in [5.74, 6) is -0.335. The van der Waals surface area contributed by atoms with Crippen LogP contribution in [0.1, 0.15) is 15.2 Å². The van der Waals surface area contributed by atoms with E-state index in [9.17, 15) is 14.9 Å². The van der Waals surface area contributed by atoms with E-state index >= 15 is 0 Å². The molecule has 1 aromatic carbocycles. The van der Waals surface area contributed by atoms with E-state index in [1.165, 1.54) is 12.1 Å². The number of halogens is 1. The first-order valence-corrected chi connectivity index (χ1v) is 6.52. The molecule has 0 fully saturated rings. The van der Waals surface area contributed by atoms with E-state index in [0.717, 1.165) is 16.9 Å². The molecule has 1 amide bonds. The Morgan fingerprint density at radius 1 is 1.37 bits per heavy atom. The number of nitrogens with zero attached hydrogens (tertiary/aromatic N) is 1. The zero-order valence-electron chi connectivity index (χ0n) is 9.63. The van der Waals surface area contributed by atoms with Gasteiger partial charge in [-0.25, -0.2) is 0 Å². The molecular formula is C12H9ClN2O3S. The molecule has 1 heterocycles. The number of thiophene rings is 1. The van der Waals surface area contributed by atoms with Gasteiger partial charge in [-0.1, -0.05) is 35.1 Å². The van der Waals surface area contributed by atoms with Crippen molar-refractivity contribution >= 4 is 33.8 Å². The van der Waals surface area contributed by atoms with Crippen molar-refractivity contribution in [2.75, 3.05) is 0 Å². The minimum atomic E-state index is -0.515. The maximum Gasteiger partial charge on any atom is 0.324 e. The molecular weight excluding hydrogens is 288 g/mol. The highest BCUT2D eigenvalue weighted by atomic mass is 35.5. The Morgan fingerprint density at radius 2 is 2.16 bits per heavy atom. The van der Waals surface area contributed by atoms with Gasteiger partial charge in [-0.15, -0.1) is 0 Å². The van der Waals surface area contributed by atoms with E-state index in [2.05, 4.69) is 5.32 Å². The van der Waals surface area contributed by atoms with Crippen LogP contribution in [-0.2, 0) is 6.54 Å². The molecule has 0 aliphatic rings. The number of rotatable bonds is 4. The van der Waals surface area contributed by atoms with Gasteiger partial charge < -0.3 is 5.32 Å². The molecule has 2 aromatic rings. The van der Waals surface area contributed by atoms with Gasteiger partial charge in [0.1, 0.15) is 0 Å². The van der Waals surface area contributed by atoms with Gasteiger partial charge in [0.05, 0.1) is 9.80 Å². The van der Waals surface area contributed by atoms with Gasteiger partial charge in [0, 0.05) is 17.6 Å².